The molecule has 1 atom stereocenters. The fourth-order valence-corrected chi connectivity index (χ4v) is 5.11. The largest absolute Gasteiger partial charge is 0.379 e. The van der Waals surface area contributed by atoms with Crippen molar-refractivity contribution in [3.8, 4) is 0 Å². The number of ether oxygens (including phenoxy) is 1. The van der Waals surface area contributed by atoms with Crippen LogP contribution in [0.5, 0.6) is 0 Å². The molecule has 4 nitrogen and oxygen atoms in total. The van der Waals surface area contributed by atoms with Crippen LogP contribution in [0.1, 0.15) is 64.4 Å². The first kappa shape index (κ1) is 20.2. The summed E-state index contributed by atoms with van der Waals surface area (Å²) in [6.07, 6.45) is 8.80. The van der Waals surface area contributed by atoms with E-state index < -0.39 is 10.0 Å². The van der Waals surface area contributed by atoms with Crippen LogP contribution in [0.4, 0.5) is 5.69 Å². The zero-order valence-corrected chi connectivity index (χ0v) is 16.6. The lowest BCUT2D eigenvalue weighted by Crippen LogP contribution is -2.36. The van der Waals surface area contributed by atoms with E-state index in [2.05, 4.69) is 26.0 Å². The predicted molar refractivity (Wildman–Crippen MR) is 105 cm³/mol. The van der Waals surface area contributed by atoms with E-state index in [1.807, 2.05) is 12.1 Å². The van der Waals surface area contributed by atoms with Gasteiger partial charge in [-0.3, -0.25) is 4.31 Å². The Balaban J connectivity index is 1.98. The number of anilines is 1. The number of aryl methyl sites for hydroxylation is 1. The van der Waals surface area contributed by atoms with Gasteiger partial charge in [-0.15, -0.1) is 0 Å². The quantitative estimate of drug-likeness (QED) is 0.540. The SMILES string of the molecule is CCCCCCc1ccc(N2C(COCCCC)CCS2(=O)=O)cc1. The number of rotatable bonds is 11. The summed E-state index contributed by atoms with van der Waals surface area (Å²) >= 11 is 0. The summed E-state index contributed by atoms with van der Waals surface area (Å²) < 4.78 is 32.2. The van der Waals surface area contributed by atoms with E-state index in [4.69, 9.17) is 4.74 Å². The summed E-state index contributed by atoms with van der Waals surface area (Å²) in [7, 11) is -3.22. The van der Waals surface area contributed by atoms with Gasteiger partial charge in [0.15, 0.2) is 0 Å². The molecule has 5 heteroatoms. The van der Waals surface area contributed by atoms with Gasteiger partial charge in [0.25, 0.3) is 0 Å². The van der Waals surface area contributed by atoms with Gasteiger partial charge in [-0.2, -0.15) is 0 Å². The molecule has 1 heterocycles. The van der Waals surface area contributed by atoms with Gasteiger partial charge < -0.3 is 4.74 Å². The highest BCUT2D eigenvalue weighted by Crippen LogP contribution is 2.29. The third kappa shape index (κ3) is 6.00. The van der Waals surface area contributed by atoms with E-state index in [1.165, 1.54) is 31.2 Å². The minimum absolute atomic E-state index is 0.0720. The van der Waals surface area contributed by atoms with Crippen molar-refractivity contribution < 1.29 is 13.2 Å². The molecule has 1 saturated heterocycles. The Morgan fingerprint density at radius 1 is 1.04 bits per heavy atom. The van der Waals surface area contributed by atoms with E-state index >= 15 is 0 Å². The van der Waals surface area contributed by atoms with Gasteiger partial charge in [0.05, 0.1) is 24.1 Å². The third-order valence-electron chi connectivity index (χ3n) is 4.80. The second-order valence-electron chi connectivity index (χ2n) is 6.96. The number of benzene rings is 1. The fourth-order valence-electron chi connectivity index (χ4n) is 3.28. The van der Waals surface area contributed by atoms with Crippen LogP contribution in [-0.4, -0.2) is 33.4 Å². The van der Waals surface area contributed by atoms with Gasteiger partial charge in [0.1, 0.15) is 0 Å². The molecule has 2 rings (SSSR count). The van der Waals surface area contributed by atoms with Gasteiger partial charge >= 0.3 is 0 Å². The van der Waals surface area contributed by atoms with Crippen LogP contribution in [0.2, 0.25) is 0 Å². The molecule has 1 aliphatic heterocycles. The molecule has 1 aromatic rings. The molecule has 1 aliphatic rings. The van der Waals surface area contributed by atoms with Gasteiger partial charge in [-0.25, -0.2) is 8.42 Å². The van der Waals surface area contributed by atoms with Crippen LogP contribution in [0.3, 0.4) is 0 Å². The van der Waals surface area contributed by atoms with Crippen LogP contribution in [0.25, 0.3) is 0 Å². The van der Waals surface area contributed by atoms with Gasteiger partial charge in [0.2, 0.25) is 10.0 Å². The van der Waals surface area contributed by atoms with Crippen molar-refractivity contribution in [2.24, 2.45) is 0 Å². The predicted octanol–water partition coefficient (Wildman–Crippen LogP) is 4.53. The fraction of sp³-hybridized carbons (Fsp3) is 0.700. The first-order valence-corrected chi connectivity index (χ1v) is 11.4. The van der Waals surface area contributed by atoms with Crippen molar-refractivity contribution in [2.75, 3.05) is 23.3 Å². The summed E-state index contributed by atoms with van der Waals surface area (Å²) in [6, 6.07) is 7.99. The van der Waals surface area contributed by atoms with Crippen LogP contribution < -0.4 is 4.31 Å². The number of sulfonamides is 1. The first-order valence-electron chi connectivity index (χ1n) is 9.77. The average Bonchev–Trinajstić information content (AvgIpc) is 2.91. The molecule has 0 spiro atoms. The number of hydrogen-bond acceptors (Lipinski definition) is 3. The zero-order valence-electron chi connectivity index (χ0n) is 15.7. The Kier molecular flexibility index (Phi) is 8.24. The standard InChI is InChI=1S/C20H33NO3S/c1-3-5-7-8-9-18-10-12-19(13-11-18)21-20(14-16-25(21,22)23)17-24-15-6-4-2/h10-13,20H,3-9,14-17H2,1-2H3. The maximum Gasteiger partial charge on any atom is 0.235 e. The maximum atomic E-state index is 12.5. The van der Waals surface area contributed by atoms with Crippen LogP contribution >= 0.6 is 0 Å². The minimum atomic E-state index is -3.22. The average molecular weight is 368 g/mol. The Labute approximate surface area is 153 Å². The number of nitrogens with zero attached hydrogens (tertiary/aromatic N) is 1. The van der Waals surface area contributed by atoms with E-state index in [-0.39, 0.29) is 11.8 Å². The van der Waals surface area contributed by atoms with Crippen molar-refractivity contribution in [1.29, 1.82) is 0 Å². The topological polar surface area (TPSA) is 46.6 Å². The van der Waals surface area contributed by atoms with Crippen molar-refractivity contribution in [1.82, 2.24) is 0 Å². The van der Waals surface area contributed by atoms with Crippen LogP contribution in [-0.2, 0) is 21.2 Å². The molecule has 0 saturated carbocycles. The molecular weight excluding hydrogens is 334 g/mol. The van der Waals surface area contributed by atoms with E-state index in [1.54, 1.807) is 4.31 Å². The second kappa shape index (κ2) is 10.2. The molecule has 1 fully saturated rings. The molecule has 142 valence electrons. The molecule has 0 aliphatic carbocycles. The molecule has 0 N–H and O–H groups in total. The Hall–Kier alpha value is -1.07. The molecule has 0 aromatic heterocycles. The van der Waals surface area contributed by atoms with Crippen molar-refractivity contribution in [3.05, 3.63) is 29.8 Å². The summed E-state index contributed by atoms with van der Waals surface area (Å²) in [5.74, 6) is 0.216. The highest BCUT2D eigenvalue weighted by Gasteiger charge is 2.37. The van der Waals surface area contributed by atoms with Crippen molar-refractivity contribution in [3.63, 3.8) is 0 Å². The number of unbranched alkanes of at least 4 members (excludes halogenated alkanes) is 4. The van der Waals surface area contributed by atoms with Gasteiger partial charge in [-0.05, 0) is 43.4 Å². The number of hydrogen-bond donors (Lipinski definition) is 0. The normalized spacial score (nSPS) is 19.4. The molecule has 0 amide bonds. The van der Waals surface area contributed by atoms with Crippen molar-refractivity contribution >= 4 is 15.7 Å². The maximum absolute atomic E-state index is 12.5. The Morgan fingerprint density at radius 3 is 2.44 bits per heavy atom. The molecule has 1 aromatic carbocycles. The summed E-state index contributed by atoms with van der Waals surface area (Å²) in [5, 5.41) is 0. The lowest BCUT2D eigenvalue weighted by Gasteiger charge is -2.25. The highest BCUT2D eigenvalue weighted by atomic mass is 32.2. The molecule has 0 radical (unpaired) electrons. The minimum Gasteiger partial charge on any atom is -0.379 e. The summed E-state index contributed by atoms with van der Waals surface area (Å²) in [4.78, 5) is 0. The zero-order chi connectivity index (χ0) is 18.1. The lowest BCUT2D eigenvalue weighted by atomic mass is 10.1. The van der Waals surface area contributed by atoms with Crippen LogP contribution in [0, 0.1) is 0 Å². The second-order valence-corrected chi connectivity index (χ2v) is 8.93. The van der Waals surface area contributed by atoms with E-state index in [0.29, 0.717) is 19.6 Å². The monoisotopic (exact) mass is 367 g/mol. The van der Waals surface area contributed by atoms with Gasteiger partial charge in [-0.1, -0.05) is 51.7 Å². The van der Waals surface area contributed by atoms with E-state index in [0.717, 1.165) is 24.9 Å². The van der Waals surface area contributed by atoms with E-state index in [9.17, 15) is 8.42 Å². The van der Waals surface area contributed by atoms with Gasteiger partial charge in [0, 0.05) is 6.61 Å². The highest BCUT2D eigenvalue weighted by molar-refractivity contribution is 7.93. The third-order valence-corrected chi connectivity index (χ3v) is 6.66. The van der Waals surface area contributed by atoms with Crippen molar-refractivity contribution in [2.45, 2.75) is 71.3 Å². The lowest BCUT2D eigenvalue weighted by molar-refractivity contribution is 0.120. The summed E-state index contributed by atoms with van der Waals surface area (Å²) in [5.41, 5.74) is 2.06. The first-order chi connectivity index (χ1) is 12.1. The summed E-state index contributed by atoms with van der Waals surface area (Å²) in [6.45, 7) is 5.53. The molecule has 1 unspecified atom stereocenters. The Morgan fingerprint density at radius 2 is 1.76 bits per heavy atom. The molecule has 25 heavy (non-hydrogen) atoms. The van der Waals surface area contributed by atoms with Crippen LogP contribution in [0.15, 0.2) is 24.3 Å². The smallest absolute Gasteiger partial charge is 0.235 e. The molecule has 0 bridgehead atoms. The molecular formula is C20H33NO3S. The Bertz CT molecular complexity index is 598.